The van der Waals surface area contributed by atoms with E-state index in [-0.39, 0.29) is 18.3 Å². The summed E-state index contributed by atoms with van der Waals surface area (Å²) in [5.74, 6) is 1.21. The number of fused-ring (bicyclic) bond motifs is 1. The summed E-state index contributed by atoms with van der Waals surface area (Å²) in [7, 11) is 0. The number of rotatable bonds is 3. The minimum absolute atomic E-state index is 0. The number of amides is 1. The summed E-state index contributed by atoms with van der Waals surface area (Å²) in [5.41, 5.74) is 8.38. The smallest absolute Gasteiger partial charge is 0.239 e. The SMILES string of the molecule is CC1CN(C(=O)[C@@H](N)Cc2c[nH]c3ccccc23)CC1C.Cl. The van der Waals surface area contributed by atoms with E-state index in [1.165, 1.54) is 0 Å². The number of halogens is 1. The quantitative estimate of drug-likeness (QED) is 0.912. The third-order valence-corrected chi connectivity index (χ3v) is 4.73. The van der Waals surface area contributed by atoms with Crippen molar-refractivity contribution in [1.82, 2.24) is 9.88 Å². The fourth-order valence-electron chi connectivity index (χ4n) is 3.17. The maximum atomic E-state index is 12.5. The fourth-order valence-corrected chi connectivity index (χ4v) is 3.17. The lowest BCUT2D eigenvalue weighted by Gasteiger charge is -2.20. The second-order valence-electron chi connectivity index (χ2n) is 6.37. The first kappa shape index (κ1) is 16.8. The van der Waals surface area contributed by atoms with E-state index < -0.39 is 6.04 Å². The first-order valence-electron chi connectivity index (χ1n) is 7.65. The van der Waals surface area contributed by atoms with Gasteiger partial charge in [-0.05, 0) is 29.9 Å². The van der Waals surface area contributed by atoms with E-state index in [1.54, 1.807) is 0 Å². The molecule has 3 N–H and O–H groups in total. The molecule has 3 rings (SSSR count). The molecule has 3 atom stereocenters. The summed E-state index contributed by atoms with van der Waals surface area (Å²) in [5, 5.41) is 1.16. The number of nitrogens with zero attached hydrogens (tertiary/aromatic N) is 1. The monoisotopic (exact) mass is 321 g/mol. The summed E-state index contributed by atoms with van der Waals surface area (Å²) in [6.45, 7) is 6.06. The number of H-pyrrole nitrogens is 1. The van der Waals surface area contributed by atoms with Crippen molar-refractivity contribution in [2.75, 3.05) is 13.1 Å². The second kappa shape index (κ2) is 6.71. The van der Waals surface area contributed by atoms with Crippen LogP contribution in [0.2, 0.25) is 0 Å². The van der Waals surface area contributed by atoms with Crippen LogP contribution < -0.4 is 5.73 Å². The van der Waals surface area contributed by atoms with Crippen LogP contribution in [0.5, 0.6) is 0 Å². The van der Waals surface area contributed by atoms with Crippen LogP contribution in [0, 0.1) is 11.8 Å². The van der Waals surface area contributed by atoms with E-state index in [1.807, 2.05) is 29.3 Å². The fraction of sp³-hybridized carbons (Fsp3) is 0.471. The van der Waals surface area contributed by atoms with Gasteiger partial charge in [-0.1, -0.05) is 32.0 Å². The number of nitrogens with one attached hydrogen (secondary N) is 1. The van der Waals surface area contributed by atoms with Gasteiger partial charge in [-0.25, -0.2) is 0 Å². The van der Waals surface area contributed by atoms with Crippen molar-refractivity contribution >= 4 is 29.2 Å². The van der Waals surface area contributed by atoms with Gasteiger partial charge in [-0.2, -0.15) is 0 Å². The number of aromatic nitrogens is 1. The molecule has 0 bridgehead atoms. The molecule has 22 heavy (non-hydrogen) atoms. The Kier molecular flexibility index (Phi) is 5.14. The Morgan fingerprint density at radius 3 is 2.64 bits per heavy atom. The lowest BCUT2D eigenvalue weighted by Crippen LogP contribution is -2.44. The highest BCUT2D eigenvalue weighted by Gasteiger charge is 2.31. The van der Waals surface area contributed by atoms with Crippen molar-refractivity contribution in [3.8, 4) is 0 Å². The van der Waals surface area contributed by atoms with Gasteiger partial charge in [0.05, 0.1) is 6.04 Å². The first-order valence-corrected chi connectivity index (χ1v) is 7.65. The highest BCUT2D eigenvalue weighted by Crippen LogP contribution is 2.24. The van der Waals surface area contributed by atoms with Gasteiger partial charge in [-0.3, -0.25) is 4.79 Å². The summed E-state index contributed by atoms with van der Waals surface area (Å²) in [4.78, 5) is 17.7. The highest BCUT2D eigenvalue weighted by atomic mass is 35.5. The van der Waals surface area contributed by atoms with E-state index in [0.29, 0.717) is 18.3 Å². The number of benzene rings is 1. The van der Waals surface area contributed by atoms with Crippen LogP contribution in [0.3, 0.4) is 0 Å². The Balaban J connectivity index is 0.00000176. The number of nitrogens with two attached hydrogens (primary N) is 1. The molecule has 1 saturated heterocycles. The molecule has 1 aromatic carbocycles. The number of para-hydroxylation sites is 1. The lowest BCUT2D eigenvalue weighted by atomic mass is 10.0. The highest BCUT2D eigenvalue weighted by molar-refractivity contribution is 5.86. The molecule has 2 heterocycles. The third-order valence-electron chi connectivity index (χ3n) is 4.73. The average molecular weight is 322 g/mol. The van der Waals surface area contributed by atoms with Crippen LogP contribution in [0.1, 0.15) is 19.4 Å². The predicted octanol–water partition coefficient (Wildman–Crippen LogP) is 2.57. The molecule has 1 aliphatic heterocycles. The third kappa shape index (κ3) is 3.13. The summed E-state index contributed by atoms with van der Waals surface area (Å²) in [6.07, 6.45) is 2.55. The van der Waals surface area contributed by atoms with Crippen LogP contribution >= 0.6 is 12.4 Å². The zero-order valence-corrected chi connectivity index (χ0v) is 13.9. The zero-order chi connectivity index (χ0) is 15.0. The Hall–Kier alpha value is -1.52. The minimum Gasteiger partial charge on any atom is -0.361 e. The van der Waals surface area contributed by atoms with Crippen LogP contribution in [0.4, 0.5) is 0 Å². The van der Waals surface area contributed by atoms with Gasteiger partial charge in [0.1, 0.15) is 0 Å². The van der Waals surface area contributed by atoms with Gasteiger partial charge in [0.15, 0.2) is 0 Å². The van der Waals surface area contributed by atoms with E-state index in [4.69, 9.17) is 5.73 Å². The molecule has 2 aromatic rings. The van der Waals surface area contributed by atoms with E-state index >= 15 is 0 Å². The Bertz CT molecular complexity index is 644. The molecule has 0 saturated carbocycles. The van der Waals surface area contributed by atoms with Gasteiger partial charge in [0, 0.05) is 30.2 Å². The molecule has 2 unspecified atom stereocenters. The molecule has 5 heteroatoms. The largest absolute Gasteiger partial charge is 0.361 e. The molecule has 0 spiro atoms. The molecule has 0 aliphatic carbocycles. The van der Waals surface area contributed by atoms with Gasteiger partial charge in [0.2, 0.25) is 5.91 Å². The van der Waals surface area contributed by atoms with Crippen molar-refractivity contribution in [3.05, 3.63) is 36.0 Å². The standard InChI is InChI=1S/C17H23N3O.ClH/c1-11-9-20(10-12(11)2)17(21)15(18)7-13-8-19-16-6-4-3-5-14(13)16;/h3-6,8,11-12,15,19H,7,9-10,18H2,1-2H3;1H/t11?,12?,15-;/m0./s1. The maximum absolute atomic E-state index is 12.5. The molecule has 1 fully saturated rings. The number of carbonyl (C=O) groups excluding carboxylic acids is 1. The van der Waals surface area contributed by atoms with Gasteiger partial charge < -0.3 is 15.6 Å². The molecule has 1 aromatic heterocycles. The number of likely N-dealkylation sites (tertiary alicyclic amines) is 1. The number of hydrogen-bond acceptors (Lipinski definition) is 2. The maximum Gasteiger partial charge on any atom is 0.239 e. The molecule has 1 amide bonds. The zero-order valence-electron chi connectivity index (χ0n) is 13.1. The summed E-state index contributed by atoms with van der Waals surface area (Å²) in [6, 6.07) is 7.66. The van der Waals surface area contributed by atoms with Crippen molar-refractivity contribution in [3.63, 3.8) is 0 Å². The molecule has 120 valence electrons. The Morgan fingerprint density at radius 1 is 1.32 bits per heavy atom. The Morgan fingerprint density at radius 2 is 1.95 bits per heavy atom. The van der Waals surface area contributed by atoms with Crippen molar-refractivity contribution in [2.45, 2.75) is 26.3 Å². The van der Waals surface area contributed by atoms with Crippen molar-refractivity contribution in [1.29, 1.82) is 0 Å². The predicted molar refractivity (Wildman–Crippen MR) is 92.1 cm³/mol. The van der Waals surface area contributed by atoms with E-state index in [2.05, 4.69) is 24.9 Å². The minimum atomic E-state index is -0.457. The number of carbonyl (C=O) groups is 1. The van der Waals surface area contributed by atoms with Gasteiger partial charge in [0.25, 0.3) is 0 Å². The number of aromatic amines is 1. The summed E-state index contributed by atoms with van der Waals surface area (Å²) >= 11 is 0. The van der Waals surface area contributed by atoms with E-state index in [9.17, 15) is 4.79 Å². The van der Waals surface area contributed by atoms with Crippen LogP contribution in [0.25, 0.3) is 10.9 Å². The molecule has 0 radical (unpaired) electrons. The van der Waals surface area contributed by atoms with Crippen molar-refractivity contribution < 1.29 is 4.79 Å². The average Bonchev–Trinajstić information content (AvgIpc) is 3.03. The molecule has 1 aliphatic rings. The van der Waals surface area contributed by atoms with Gasteiger partial charge in [-0.15, -0.1) is 12.4 Å². The molecular formula is C17H24ClN3O. The van der Waals surface area contributed by atoms with Gasteiger partial charge >= 0.3 is 0 Å². The lowest BCUT2D eigenvalue weighted by molar-refractivity contribution is -0.131. The topological polar surface area (TPSA) is 62.1 Å². The molecular weight excluding hydrogens is 298 g/mol. The van der Waals surface area contributed by atoms with E-state index in [0.717, 1.165) is 29.6 Å². The first-order chi connectivity index (χ1) is 10.1. The van der Waals surface area contributed by atoms with Crippen LogP contribution in [-0.4, -0.2) is 34.9 Å². The number of hydrogen-bond donors (Lipinski definition) is 2. The second-order valence-corrected chi connectivity index (χ2v) is 6.37. The molecule has 4 nitrogen and oxygen atoms in total. The van der Waals surface area contributed by atoms with Crippen molar-refractivity contribution in [2.24, 2.45) is 17.6 Å². The van der Waals surface area contributed by atoms with Crippen LogP contribution in [0.15, 0.2) is 30.5 Å². The Labute approximate surface area is 137 Å². The van der Waals surface area contributed by atoms with Crippen LogP contribution in [-0.2, 0) is 11.2 Å². The summed E-state index contributed by atoms with van der Waals surface area (Å²) < 4.78 is 0. The normalized spacial score (nSPS) is 22.6.